The van der Waals surface area contributed by atoms with Gasteiger partial charge in [0.1, 0.15) is 17.2 Å². The molecule has 0 aliphatic carbocycles. The third kappa shape index (κ3) is 10.3. The number of rotatable bonds is 13. The summed E-state index contributed by atoms with van der Waals surface area (Å²) in [6, 6.07) is -0.808. The number of carboxylic acids is 3. The molecule has 1 aromatic rings. The Morgan fingerprint density at radius 3 is 2.06 bits per heavy atom. The number of carboxylic acid groups (broad SMARTS) is 3. The molecule has 31 heavy (non-hydrogen) atoms. The van der Waals surface area contributed by atoms with Crippen LogP contribution in [0.5, 0.6) is 0 Å². The van der Waals surface area contributed by atoms with Gasteiger partial charge in [0.25, 0.3) is 5.91 Å². The quantitative estimate of drug-likeness (QED) is 0.182. The second kappa shape index (κ2) is 13.0. The van der Waals surface area contributed by atoms with Crippen LogP contribution in [0.25, 0.3) is 0 Å². The van der Waals surface area contributed by atoms with E-state index in [1.54, 1.807) is 0 Å². The number of nitrogens with zero attached hydrogens (tertiary/aromatic N) is 1. The molecule has 13 heteroatoms. The Morgan fingerprint density at radius 2 is 1.55 bits per heavy atom. The van der Waals surface area contributed by atoms with Crippen molar-refractivity contribution in [3.8, 4) is 0 Å². The number of carbonyl (C=O) groups excluding carboxylic acids is 2. The molecule has 0 bridgehead atoms. The monoisotopic (exact) mass is 458 g/mol. The lowest BCUT2D eigenvalue weighted by Crippen LogP contribution is -2.51. The first-order valence-corrected chi connectivity index (χ1v) is 9.62. The fourth-order valence-corrected chi connectivity index (χ4v) is 2.54. The molecule has 6 N–H and O–H groups in total. The topological polar surface area (TPSA) is 195 Å². The molecule has 0 aliphatic rings. The number of hydrogen-bond acceptors (Lipinski definition) is 6. The van der Waals surface area contributed by atoms with Crippen molar-refractivity contribution < 1.29 is 39.3 Å². The van der Waals surface area contributed by atoms with E-state index in [0.29, 0.717) is 18.4 Å². The second-order valence-corrected chi connectivity index (χ2v) is 6.84. The lowest BCUT2D eigenvalue weighted by molar-refractivity contribution is -0.140. The van der Waals surface area contributed by atoms with Gasteiger partial charge in [-0.1, -0.05) is 11.6 Å². The van der Waals surface area contributed by atoms with E-state index >= 15 is 0 Å². The van der Waals surface area contributed by atoms with Gasteiger partial charge in [-0.05, 0) is 37.8 Å². The van der Waals surface area contributed by atoms with Crippen molar-refractivity contribution in [3.63, 3.8) is 0 Å². The van der Waals surface area contributed by atoms with Gasteiger partial charge in [0.05, 0.1) is 5.56 Å². The molecule has 3 amide bonds. The first-order valence-electron chi connectivity index (χ1n) is 9.24. The molecule has 0 spiro atoms. The van der Waals surface area contributed by atoms with Gasteiger partial charge in [0.15, 0.2) is 0 Å². The standard InChI is InChI=1S/C18H23ClN4O8/c19-13-6-4-10(9-21-13)15(26)20-8-2-1-3-11(16(27)28)22-18(31)23-12(17(29)30)5-7-14(24)25/h4,6,9,11-12H,1-3,5,7-8H2,(H,20,26)(H,24,25)(H,27,28)(H,29,30)(H2,22,23,31)/t11-,12?/m0/s1. The Bertz CT molecular complexity index is 802. The van der Waals surface area contributed by atoms with Crippen LogP contribution in [0.3, 0.4) is 0 Å². The Labute approximate surface area is 182 Å². The van der Waals surface area contributed by atoms with Gasteiger partial charge in [-0.2, -0.15) is 0 Å². The highest BCUT2D eigenvalue weighted by atomic mass is 35.5. The molecule has 0 saturated carbocycles. The van der Waals surface area contributed by atoms with Crippen molar-refractivity contribution in [3.05, 3.63) is 29.0 Å². The molecule has 0 aromatic carbocycles. The molecule has 0 saturated heterocycles. The zero-order valence-electron chi connectivity index (χ0n) is 16.3. The summed E-state index contributed by atoms with van der Waals surface area (Å²) in [6.07, 6.45) is 1.31. The van der Waals surface area contributed by atoms with Crippen molar-refractivity contribution in [2.45, 2.75) is 44.2 Å². The fraction of sp³-hybridized carbons (Fsp3) is 0.444. The Hall–Kier alpha value is -3.41. The summed E-state index contributed by atoms with van der Waals surface area (Å²) < 4.78 is 0. The molecule has 1 aromatic heterocycles. The van der Waals surface area contributed by atoms with Crippen LogP contribution in [-0.4, -0.2) is 68.8 Å². The average molecular weight is 459 g/mol. The minimum Gasteiger partial charge on any atom is -0.481 e. The van der Waals surface area contributed by atoms with Crippen LogP contribution in [-0.2, 0) is 14.4 Å². The molecular weight excluding hydrogens is 436 g/mol. The van der Waals surface area contributed by atoms with Gasteiger partial charge in [-0.25, -0.2) is 19.4 Å². The molecule has 0 aliphatic heterocycles. The van der Waals surface area contributed by atoms with Crippen molar-refractivity contribution >= 4 is 41.4 Å². The van der Waals surface area contributed by atoms with E-state index < -0.39 is 42.4 Å². The summed E-state index contributed by atoms with van der Waals surface area (Å²) in [5.74, 6) is -4.34. The maximum Gasteiger partial charge on any atom is 0.326 e. The van der Waals surface area contributed by atoms with Crippen LogP contribution >= 0.6 is 11.6 Å². The number of halogens is 1. The highest BCUT2D eigenvalue weighted by Crippen LogP contribution is 2.06. The molecule has 0 fully saturated rings. The van der Waals surface area contributed by atoms with E-state index in [2.05, 4.69) is 15.6 Å². The molecule has 170 valence electrons. The normalized spacial score (nSPS) is 12.3. The first kappa shape index (κ1) is 25.6. The van der Waals surface area contributed by atoms with E-state index in [1.807, 2.05) is 5.32 Å². The highest BCUT2D eigenvalue weighted by Gasteiger charge is 2.24. The maximum atomic E-state index is 11.9. The lowest BCUT2D eigenvalue weighted by Gasteiger charge is -2.18. The maximum absolute atomic E-state index is 11.9. The predicted octanol–water partition coefficient (Wildman–Crippen LogP) is 0.706. The van der Waals surface area contributed by atoms with Crippen LogP contribution in [0.15, 0.2) is 18.3 Å². The van der Waals surface area contributed by atoms with Gasteiger partial charge in [0, 0.05) is 19.2 Å². The third-order valence-corrected chi connectivity index (χ3v) is 4.27. The first-order chi connectivity index (χ1) is 14.6. The summed E-state index contributed by atoms with van der Waals surface area (Å²) >= 11 is 5.65. The molecule has 12 nitrogen and oxygen atoms in total. The number of aliphatic carboxylic acids is 3. The summed E-state index contributed by atoms with van der Waals surface area (Å²) in [5, 5.41) is 34.0. The smallest absolute Gasteiger partial charge is 0.326 e. The number of carbonyl (C=O) groups is 5. The van der Waals surface area contributed by atoms with Crippen molar-refractivity contribution in [1.29, 1.82) is 0 Å². The van der Waals surface area contributed by atoms with Crippen molar-refractivity contribution in [1.82, 2.24) is 20.9 Å². The number of pyridine rings is 1. The van der Waals surface area contributed by atoms with Crippen LogP contribution < -0.4 is 16.0 Å². The van der Waals surface area contributed by atoms with Crippen LogP contribution in [0.1, 0.15) is 42.5 Å². The van der Waals surface area contributed by atoms with Gasteiger partial charge in [0.2, 0.25) is 0 Å². The molecule has 1 unspecified atom stereocenters. The van der Waals surface area contributed by atoms with E-state index in [0.717, 1.165) is 0 Å². The van der Waals surface area contributed by atoms with Gasteiger partial charge in [-0.15, -0.1) is 0 Å². The van der Waals surface area contributed by atoms with Crippen LogP contribution in [0.2, 0.25) is 5.15 Å². The summed E-state index contributed by atoms with van der Waals surface area (Å²) in [5.41, 5.74) is 0.321. The Kier molecular flexibility index (Phi) is 10.8. The average Bonchev–Trinajstić information content (AvgIpc) is 2.69. The highest BCUT2D eigenvalue weighted by molar-refractivity contribution is 6.29. The largest absolute Gasteiger partial charge is 0.481 e. The Morgan fingerprint density at radius 1 is 0.935 bits per heavy atom. The number of nitrogens with one attached hydrogen (secondary N) is 3. The zero-order valence-corrected chi connectivity index (χ0v) is 17.1. The summed E-state index contributed by atoms with van der Waals surface area (Å²) in [6.45, 7) is 0.260. The lowest BCUT2D eigenvalue weighted by atomic mass is 10.1. The van der Waals surface area contributed by atoms with Crippen molar-refractivity contribution in [2.75, 3.05) is 6.54 Å². The van der Waals surface area contributed by atoms with Gasteiger partial charge < -0.3 is 31.3 Å². The SMILES string of the molecule is O=C(O)CCC(NC(=O)N[C@@H](CCCCNC(=O)c1ccc(Cl)nc1)C(=O)O)C(=O)O. The number of urea groups is 1. The summed E-state index contributed by atoms with van der Waals surface area (Å²) in [7, 11) is 0. The minimum absolute atomic E-state index is 0.0357. The van der Waals surface area contributed by atoms with Crippen LogP contribution in [0.4, 0.5) is 4.79 Å². The van der Waals surface area contributed by atoms with Gasteiger partial charge >= 0.3 is 23.9 Å². The molecule has 1 rings (SSSR count). The molecular formula is C18H23ClN4O8. The fourth-order valence-electron chi connectivity index (χ4n) is 2.43. The molecule has 0 radical (unpaired) electrons. The molecule has 1 heterocycles. The van der Waals surface area contributed by atoms with E-state index in [4.69, 9.17) is 21.8 Å². The van der Waals surface area contributed by atoms with Crippen LogP contribution in [0, 0.1) is 0 Å². The van der Waals surface area contributed by atoms with Gasteiger partial charge in [-0.3, -0.25) is 9.59 Å². The third-order valence-electron chi connectivity index (χ3n) is 4.05. The predicted molar refractivity (Wildman–Crippen MR) is 107 cm³/mol. The number of aromatic nitrogens is 1. The van der Waals surface area contributed by atoms with E-state index in [-0.39, 0.29) is 30.4 Å². The second-order valence-electron chi connectivity index (χ2n) is 6.45. The van der Waals surface area contributed by atoms with Crippen molar-refractivity contribution in [2.24, 2.45) is 0 Å². The number of hydrogen-bond donors (Lipinski definition) is 6. The Balaban J connectivity index is 2.41. The van der Waals surface area contributed by atoms with E-state index in [9.17, 15) is 29.1 Å². The molecule has 2 atom stereocenters. The number of amides is 3. The zero-order chi connectivity index (χ0) is 23.4. The summed E-state index contributed by atoms with van der Waals surface area (Å²) in [4.78, 5) is 60.6. The minimum atomic E-state index is -1.47. The number of unbranched alkanes of at least 4 members (excludes halogenated alkanes) is 1. The van der Waals surface area contributed by atoms with E-state index in [1.165, 1.54) is 18.3 Å².